The fourth-order valence-electron chi connectivity index (χ4n) is 5.38. The molecule has 256 valence electrons. The number of halogens is 4. The molecule has 0 spiro atoms. The number of hydrogen-bond acceptors (Lipinski definition) is 8. The zero-order valence-electron chi connectivity index (χ0n) is 25.5. The van der Waals surface area contributed by atoms with Gasteiger partial charge in [0, 0.05) is 50.1 Å². The first-order chi connectivity index (χ1) is 22.7. The van der Waals surface area contributed by atoms with Crippen LogP contribution < -0.4 is 21.7 Å². The minimum atomic E-state index is -4.80. The fraction of sp³-hybridized carbons (Fsp3) is 0.414. The maximum absolute atomic E-state index is 13.6. The molecule has 0 bridgehead atoms. The molecule has 1 saturated carbocycles. The Morgan fingerprint density at radius 3 is 2.52 bits per heavy atom. The molecule has 15 nitrogen and oxygen atoms in total. The number of nitrogens with one attached hydrogen (secondary N) is 3. The minimum absolute atomic E-state index is 0.0154. The number of nitriles is 1. The van der Waals surface area contributed by atoms with Gasteiger partial charge in [-0.15, -0.1) is 0 Å². The second-order valence-corrected chi connectivity index (χ2v) is 11.6. The van der Waals surface area contributed by atoms with Gasteiger partial charge in [-0.05, 0) is 43.9 Å². The third-order valence-corrected chi connectivity index (χ3v) is 8.06. The summed E-state index contributed by atoms with van der Waals surface area (Å²) in [6.45, 7) is 0.552. The van der Waals surface area contributed by atoms with Gasteiger partial charge in [-0.2, -0.15) is 23.5 Å². The van der Waals surface area contributed by atoms with Crippen LogP contribution in [-0.2, 0) is 24.6 Å². The van der Waals surface area contributed by atoms with Gasteiger partial charge in [-0.25, -0.2) is 9.78 Å². The highest BCUT2D eigenvalue weighted by Crippen LogP contribution is 2.36. The van der Waals surface area contributed by atoms with E-state index in [4.69, 9.17) is 32.5 Å². The first-order valence-corrected chi connectivity index (χ1v) is 15.0. The van der Waals surface area contributed by atoms with E-state index >= 15 is 0 Å². The number of amides is 4. The lowest BCUT2D eigenvalue weighted by molar-refractivity contribution is -0.141. The number of carbonyl (C=O) groups is 4. The molecule has 2 aromatic heterocycles. The van der Waals surface area contributed by atoms with Crippen LogP contribution in [0, 0.1) is 11.3 Å². The van der Waals surface area contributed by atoms with Gasteiger partial charge in [-0.1, -0.05) is 11.6 Å². The molecule has 2 aliphatic rings. The van der Waals surface area contributed by atoms with Crippen molar-refractivity contribution in [2.24, 2.45) is 12.8 Å². The molecule has 1 aliphatic carbocycles. The molecule has 6 N–H and O–H groups in total. The van der Waals surface area contributed by atoms with Gasteiger partial charge in [0.05, 0.1) is 34.1 Å². The molecule has 48 heavy (non-hydrogen) atoms. The number of likely N-dealkylation sites (tertiary alicyclic amines) is 1. The molecule has 3 aromatic rings. The minimum Gasteiger partial charge on any atom is -0.483 e. The van der Waals surface area contributed by atoms with Crippen LogP contribution in [0.1, 0.15) is 52.4 Å². The summed E-state index contributed by atoms with van der Waals surface area (Å²) in [5.74, 6) is -1.34. The average Bonchev–Trinajstić information content (AvgIpc) is 3.60. The summed E-state index contributed by atoms with van der Waals surface area (Å²) in [6.07, 6.45) is 0.284. The number of hydrogen-bond donors (Lipinski definition) is 5. The number of benzene rings is 1. The number of rotatable bonds is 7. The standard InChI is InChI=1S/C28H30ClF3N10O3.CH2O2/c1-40-22(20-14-42(8-6-33)39-23(20)28(30,31)32)12-35-24(40)26(44)36-16-4-5-19(21(29)11-16)25(43)37-17-9-18(10-17)38-27(45)41-7-2-3-15(34)13-41;2-1-3/h4-5,11-12,14-15,17-18H,2-3,7-10,13,34H2,1H3,(H,36,44)(H,37,43)(H,38,45);1H,(H,2,3). The predicted molar refractivity (Wildman–Crippen MR) is 165 cm³/mol. The van der Waals surface area contributed by atoms with E-state index in [9.17, 15) is 27.6 Å². The Balaban J connectivity index is 0.00000167. The van der Waals surface area contributed by atoms with Crippen LogP contribution in [0.3, 0.4) is 0 Å². The molecular formula is C29H32ClF3N10O5. The number of aromatic nitrogens is 4. The van der Waals surface area contributed by atoms with Crippen molar-refractivity contribution in [2.75, 3.05) is 18.4 Å². The van der Waals surface area contributed by atoms with Crippen molar-refractivity contribution in [2.45, 2.75) is 56.5 Å². The molecule has 4 amide bonds. The third-order valence-electron chi connectivity index (χ3n) is 7.75. The van der Waals surface area contributed by atoms with Crippen molar-refractivity contribution in [3.8, 4) is 17.3 Å². The fourth-order valence-corrected chi connectivity index (χ4v) is 5.65. The monoisotopic (exact) mass is 692 g/mol. The van der Waals surface area contributed by atoms with Crippen LogP contribution in [0.4, 0.5) is 23.7 Å². The van der Waals surface area contributed by atoms with Crippen LogP contribution in [0.15, 0.2) is 30.6 Å². The van der Waals surface area contributed by atoms with Crippen LogP contribution in [-0.4, -0.2) is 84.9 Å². The SMILES string of the molecule is Cn1c(-c2cn(CC#N)nc2C(F)(F)F)cnc1C(=O)Nc1ccc(C(=O)NC2CC(NC(=O)N3CCCC(N)C3)C2)c(Cl)c1.O=CO. The van der Waals surface area contributed by atoms with E-state index < -0.39 is 30.2 Å². The second kappa shape index (κ2) is 15.2. The molecule has 0 radical (unpaired) electrons. The summed E-state index contributed by atoms with van der Waals surface area (Å²) in [5, 5.41) is 27.7. The zero-order chi connectivity index (χ0) is 35.2. The molecule has 1 aliphatic heterocycles. The van der Waals surface area contributed by atoms with Crippen molar-refractivity contribution in [1.29, 1.82) is 5.26 Å². The molecule has 1 aromatic carbocycles. The van der Waals surface area contributed by atoms with Gasteiger partial charge < -0.3 is 36.3 Å². The number of imidazole rings is 1. The quantitative estimate of drug-likeness (QED) is 0.230. The molecule has 1 unspecified atom stereocenters. The highest BCUT2D eigenvalue weighted by molar-refractivity contribution is 6.34. The number of carboxylic acid groups (broad SMARTS) is 1. The van der Waals surface area contributed by atoms with E-state index in [-0.39, 0.29) is 64.0 Å². The van der Waals surface area contributed by atoms with Gasteiger partial charge in [0.2, 0.25) is 0 Å². The number of nitrogens with two attached hydrogens (primary N) is 1. The second-order valence-electron chi connectivity index (χ2n) is 11.2. The van der Waals surface area contributed by atoms with E-state index in [0.717, 1.165) is 29.9 Å². The van der Waals surface area contributed by atoms with Crippen LogP contribution in [0.2, 0.25) is 5.02 Å². The van der Waals surface area contributed by atoms with Crippen LogP contribution in [0.25, 0.3) is 11.3 Å². The van der Waals surface area contributed by atoms with Crippen molar-refractivity contribution < 1.29 is 37.5 Å². The molecular weight excluding hydrogens is 661 g/mol. The van der Waals surface area contributed by atoms with E-state index in [0.29, 0.717) is 25.9 Å². The summed E-state index contributed by atoms with van der Waals surface area (Å²) in [5.41, 5.74) is 4.78. The van der Waals surface area contributed by atoms with Gasteiger partial charge in [0.15, 0.2) is 11.5 Å². The smallest absolute Gasteiger partial charge is 0.435 e. The lowest BCUT2D eigenvalue weighted by atomic mass is 9.86. The van der Waals surface area contributed by atoms with Crippen molar-refractivity contribution >= 4 is 41.6 Å². The molecule has 1 atom stereocenters. The van der Waals surface area contributed by atoms with Gasteiger partial charge >= 0.3 is 12.2 Å². The van der Waals surface area contributed by atoms with E-state index in [1.165, 1.54) is 29.8 Å². The summed E-state index contributed by atoms with van der Waals surface area (Å²) >= 11 is 6.35. The Hall–Kier alpha value is -5.15. The highest BCUT2D eigenvalue weighted by atomic mass is 35.5. The van der Waals surface area contributed by atoms with Crippen molar-refractivity contribution in [3.05, 3.63) is 52.7 Å². The van der Waals surface area contributed by atoms with Gasteiger partial charge in [-0.3, -0.25) is 19.1 Å². The van der Waals surface area contributed by atoms with Crippen molar-refractivity contribution in [1.82, 2.24) is 34.9 Å². The van der Waals surface area contributed by atoms with E-state index in [1.807, 2.05) is 0 Å². The number of anilines is 1. The number of piperidine rings is 1. The van der Waals surface area contributed by atoms with Crippen LogP contribution in [0.5, 0.6) is 0 Å². The zero-order valence-corrected chi connectivity index (χ0v) is 26.3. The van der Waals surface area contributed by atoms with E-state index in [2.05, 4.69) is 26.0 Å². The lowest BCUT2D eigenvalue weighted by Gasteiger charge is -2.38. The molecule has 19 heteroatoms. The van der Waals surface area contributed by atoms with Gasteiger partial charge in [0.1, 0.15) is 6.54 Å². The molecule has 3 heterocycles. The molecule has 2 fully saturated rings. The Bertz CT molecular complexity index is 1710. The maximum Gasteiger partial charge on any atom is 0.435 e. The number of nitrogens with zero attached hydrogens (tertiary/aromatic N) is 6. The Morgan fingerprint density at radius 2 is 1.90 bits per heavy atom. The van der Waals surface area contributed by atoms with E-state index in [1.54, 1.807) is 11.0 Å². The normalized spacial score (nSPS) is 18.8. The lowest BCUT2D eigenvalue weighted by Crippen LogP contribution is -2.57. The third kappa shape index (κ3) is 8.41. The molecule has 1 saturated heterocycles. The Kier molecular flexibility index (Phi) is 11.3. The average molecular weight is 693 g/mol. The summed E-state index contributed by atoms with van der Waals surface area (Å²) < 4.78 is 42.8. The van der Waals surface area contributed by atoms with Crippen molar-refractivity contribution in [3.63, 3.8) is 0 Å². The number of alkyl halides is 3. The number of urea groups is 1. The predicted octanol–water partition coefficient (Wildman–Crippen LogP) is 2.83. The Morgan fingerprint density at radius 1 is 1.21 bits per heavy atom. The summed E-state index contributed by atoms with van der Waals surface area (Å²) in [4.78, 5) is 52.3. The summed E-state index contributed by atoms with van der Waals surface area (Å²) in [6, 6.07) is 5.63. The Labute approximate surface area is 276 Å². The highest BCUT2D eigenvalue weighted by Gasteiger charge is 2.39. The van der Waals surface area contributed by atoms with Gasteiger partial charge in [0.25, 0.3) is 18.3 Å². The first-order valence-electron chi connectivity index (χ1n) is 14.6. The maximum atomic E-state index is 13.6. The molecule has 5 rings (SSSR count). The first kappa shape index (κ1) is 35.7. The van der Waals surface area contributed by atoms with Crippen LogP contribution >= 0.6 is 11.6 Å². The number of carbonyl (C=O) groups excluding carboxylic acids is 3. The summed E-state index contributed by atoms with van der Waals surface area (Å²) in [7, 11) is 1.37. The largest absolute Gasteiger partial charge is 0.483 e. The topological polar surface area (TPSA) is 213 Å².